The summed E-state index contributed by atoms with van der Waals surface area (Å²) in [5.41, 5.74) is 1.34. The van der Waals surface area contributed by atoms with E-state index in [1.54, 1.807) is 0 Å². The van der Waals surface area contributed by atoms with Gasteiger partial charge in [-0.15, -0.1) is 6.58 Å². The Hall–Kier alpha value is -1.09. The van der Waals surface area contributed by atoms with Gasteiger partial charge in [-0.3, -0.25) is 4.79 Å². The highest BCUT2D eigenvalue weighted by molar-refractivity contribution is 5.76. The predicted octanol–water partition coefficient (Wildman–Crippen LogP) is 1.38. The van der Waals surface area contributed by atoms with Gasteiger partial charge in [0, 0.05) is 19.5 Å². The summed E-state index contributed by atoms with van der Waals surface area (Å²) in [6.07, 6.45) is 7.48. The highest BCUT2D eigenvalue weighted by Gasteiger charge is 2.04. The van der Waals surface area contributed by atoms with Gasteiger partial charge in [0.05, 0.1) is 0 Å². The smallest absolute Gasteiger partial charge is 0.220 e. The number of nitrogens with one attached hydrogen (secondary N) is 2. The van der Waals surface area contributed by atoms with Crippen LogP contribution in [0.15, 0.2) is 24.3 Å². The van der Waals surface area contributed by atoms with Gasteiger partial charge in [-0.05, 0) is 25.8 Å². The fourth-order valence-electron chi connectivity index (χ4n) is 1.54. The van der Waals surface area contributed by atoms with Crippen LogP contribution < -0.4 is 10.6 Å². The van der Waals surface area contributed by atoms with Crippen molar-refractivity contribution in [2.45, 2.75) is 25.7 Å². The van der Waals surface area contributed by atoms with E-state index >= 15 is 0 Å². The Kier molecular flexibility index (Phi) is 5.78. The van der Waals surface area contributed by atoms with Gasteiger partial charge in [0.15, 0.2) is 0 Å². The van der Waals surface area contributed by atoms with Gasteiger partial charge in [-0.1, -0.05) is 17.7 Å². The maximum absolute atomic E-state index is 11.4. The van der Waals surface area contributed by atoms with E-state index in [1.165, 1.54) is 5.57 Å². The van der Waals surface area contributed by atoms with Crippen molar-refractivity contribution in [3.63, 3.8) is 0 Å². The number of carbonyl (C=O) groups is 1. The lowest BCUT2D eigenvalue weighted by molar-refractivity contribution is -0.121. The van der Waals surface area contributed by atoms with Crippen LogP contribution in [-0.2, 0) is 4.79 Å². The first-order valence-electron chi connectivity index (χ1n) is 5.59. The number of unbranched alkanes of at least 4 members (excludes halogenated alkanes) is 1. The molecule has 1 rings (SSSR count). The fraction of sp³-hybridized carbons (Fsp3) is 0.583. The number of carbonyl (C=O) groups excluding carboxylic acids is 1. The highest BCUT2D eigenvalue weighted by atomic mass is 16.1. The number of hydrogen-bond acceptors (Lipinski definition) is 2. The van der Waals surface area contributed by atoms with Crippen LogP contribution in [0.2, 0.25) is 0 Å². The summed E-state index contributed by atoms with van der Waals surface area (Å²) >= 11 is 0. The first-order valence-corrected chi connectivity index (χ1v) is 5.59. The van der Waals surface area contributed by atoms with Crippen molar-refractivity contribution in [2.24, 2.45) is 0 Å². The zero-order chi connectivity index (χ0) is 10.9. The van der Waals surface area contributed by atoms with Crippen LogP contribution in [0.3, 0.4) is 0 Å². The van der Waals surface area contributed by atoms with E-state index in [2.05, 4.69) is 23.3 Å². The van der Waals surface area contributed by atoms with Crippen LogP contribution in [0.5, 0.6) is 0 Å². The Morgan fingerprint density at radius 1 is 1.67 bits per heavy atom. The summed E-state index contributed by atoms with van der Waals surface area (Å²) in [6.45, 7) is 6.30. The average molecular weight is 208 g/mol. The molecule has 0 bridgehead atoms. The lowest BCUT2D eigenvalue weighted by Crippen LogP contribution is -2.29. The molecule has 0 radical (unpaired) electrons. The zero-order valence-corrected chi connectivity index (χ0v) is 9.22. The highest BCUT2D eigenvalue weighted by Crippen LogP contribution is 2.02. The number of allylic oxidation sites excluding steroid dienone is 1. The monoisotopic (exact) mass is 208 g/mol. The topological polar surface area (TPSA) is 41.1 Å². The Bertz CT molecular complexity index is 246. The Balaban J connectivity index is 2.10. The molecule has 1 amide bonds. The third kappa shape index (κ3) is 5.37. The quantitative estimate of drug-likeness (QED) is 0.511. The van der Waals surface area contributed by atoms with Crippen molar-refractivity contribution < 1.29 is 4.79 Å². The Labute approximate surface area is 91.6 Å². The van der Waals surface area contributed by atoms with Crippen LogP contribution in [0.4, 0.5) is 0 Å². The predicted molar refractivity (Wildman–Crippen MR) is 62.6 cm³/mol. The number of rotatable bonds is 6. The third-order valence-electron chi connectivity index (χ3n) is 2.48. The third-order valence-corrected chi connectivity index (χ3v) is 2.48. The first-order chi connectivity index (χ1) is 7.33. The first kappa shape index (κ1) is 12.0. The molecule has 0 unspecified atom stereocenters. The molecule has 0 saturated heterocycles. The molecule has 0 atom stereocenters. The Morgan fingerprint density at radius 3 is 3.20 bits per heavy atom. The molecule has 0 aromatic rings. The normalized spacial score (nSPS) is 15.6. The second kappa shape index (κ2) is 7.23. The molecular formula is C12H20N2O. The molecular weight excluding hydrogens is 188 g/mol. The molecule has 0 spiro atoms. The summed E-state index contributed by atoms with van der Waals surface area (Å²) in [5, 5.41) is 6.19. The van der Waals surface area contributed by atoms with E-state index in [9.17, 15) is 4.79 Å². The van der Waals surface area contributed by atoms with Gasteiger partial charge in [0.2, 0.25) is 5.91 Å². The van der Waals surface area contributed by atoms with Gasteiger partial charge in [-0.2, -0.15) is 0 Å². The maximum Gasteiger partial charge on any atom is 0.220 e. The number of hydrogen-bond donors (Lipinski definition) is 2. The van der Waals surface area contributed by atoms with Gasteiger partial charge in [-0.25, -0.2) is 0 Å². The molecule has 1 aliphatic heterocycles. The van der Waals surface area contributed by atoms with Crippen molar-refractivity contribution in [1.29, 1.82) is 0 Å². The van der Waals surface area contributed by atoms with Crippen LogP contribution >= 0.6 is 0 Å². The molecule has 0 fully saturated rings. The molecule has 0 aromatic carbocycles. The van der Waals surface area contributed by atoms with Crippen LogP contribution in [0.25, 0.3) is 0 Å². The summed E-state index contributed by atoms with van der Waals surface area (Å²) in [4.78, 5) is 11.4. The van der Waals surface area contributed by atoms with Crippen LogP contribution in [-0.4, -0.2) is 25.5 Å². The van der Waals surface area contributed by atoms with E-state index in [4.69, 9.17) is 0 Å². The van der Waals surface area contributed by atoms with E-state index in [-0.39, 0.29) is 5.91 Å². The van der Waals surface area contributed by atoms with Crippen LogP contribution in [0, 0.1) is 0 Å². The van der Waals surface area contributed by atoms with E-state index in [0.29, 0.717) is 13.0 Å². The summed E-state index contributed by atoms with van der Waals surface area (Å²) in [5.74, 6) is 0.149. The molecule has 0 aliphatic carbocycles. The largest absolute Gasteiger partial charge is 0.352 e. The molecule has 0 aromatic heterocycles. The minimum atomic E-state index is 0.149. The Morgan fingerprint density at radius 2 is 2.53 bits per heavy atom. The van der Waals surface area contributed by atoms with Crippen molar-refractivity contribution in [3.8, 4) is 0 Å². The minimum absolute atomic E-state index is 0.149. The second-order valence-corrected chi connectivity index (χ2v) is 3.77. The molecule has 0 saturated carbocycles. The second-order valence-electron chi connectivity index (χ2n) is 3.77. The summed E-state index contributed by atoms with van der Waals surface area (Å²) in [6, 6.07) is 0. The lowest BCUT2D eigenvalue weighted by atomic mass is 10.1. The molecule has 15 heavy (non-hydrogen) atoms. The summed E-state index contributed by atoms with van der Waals surface area (Å²) in [7, 11) is 0. The van der Waals surface area contributed by atoms with Gasteiger partial charge in [0.25, 0.3) is 0 Å². The minimum Gasteiger partial charge on any atom is -0.352 e. The SMILES string of the molecule is C=CCCCC(=O)NCC1=CCNCC1. The molecule has 84 valence electrons. The van der Waals surface area contributed by atoms with Crippen molar-refractivity contribution in [2.75, 3.05) is 19.6 Å². The van der Waals surface area contributed by atoms with Crippen molar-refractivity contribution >= 4 is 5.91 Å². The molecule has 3 heteroatoms. The van der Waals surface area contributed by atoms with Crippen molar-refractivity contribution in [1.82, 2.24) is 10.6 Å². The molecule has 1 aliphatic rings. The standard InChI is InChI=1S/C12H20N2O/c1-2-3-4-5-12(15)14-10-11-6-8-13-9-7-11/h2,6,13H,1,3-5,7-10H2,(H,14,15). The van der Waals surface area contributed by atoms with Gasteiger partial charge in [0.1, 0.15) is 0 Å². The number of amides is 1. The van der Waals surface area contributed by atoms with Gasteiger partial charge >= 0.3 is 0 Å². The molecule has 3 nitrogen and oxygen atoms in total. The molecule has 1 heterocycles. The zero-order valence-electron chi connectivity index (χ0n) is 9.22. The molecule has 2 N–H and O–H groups in total. The van der Waals surface area contributed by atoms with E-state index in [1.807, 2.05) is 6.08 Å². The fourth-order valence-corrected chi connectivity index (χ4v) is 1.54. The van der Waals surface area contributed by atoms with E-state index < -0.39 is 0 Å². The average Bonchev–Trinajstić information content (AvgIpc) is 2.28. The summed E-state index contributed by atoms with van der Waals surface area (Å²) < 4.78 is 0. The van der Waals surface area contributed by atoms with E-state index in [0.717, 1.165) is 32.4 Å². The maximum atomic E-state index is 11.4. The van der Waals surface area contributed by atoms with Gasteiger partial charge < -0.3 is 10.6 Å². The lowest BCUT2D eigenvalue weighted by Gasteiger charge is -2.14. The van der Waals surface area contributed by atoms with Crippen LogP contribution in [0.1, 0.15) is 25.7 Å². The van der Waals surface area contributed by atoms with Crippen molar-refractivity contribution in [3.05, 3.63) is 24.3 Å².